The van der Waals surface area contributed by atoms with E-state index in [4.69, 9.17) is 0 Å². The molecule has 0 saturated carbocycles. The molecule has 0 aliphatic rings. The Morgan fingerprint density at radius 2 is 1.81 bits per heavy atom. The Morgan fingerprint density at radius 3 is 2.31 bits per heavy atom. The molecule has 3 N–H and O–H groups in total. The monoisotopic (exact) mass is 230 g/mol. The van der Waals surface area contributed by atoms with Crippen LogP contribution >= 0.6 is 0 Å². The van der Waals surface area contributed by atoms with Gasteiger partial charge in [-0.3, -0.25) is 4.79 Å². The van der Waals surface area contributed by atoms with E-state index in [9.17, 15) is 9.59 Å². The van der Waals surface area contributed by atoms with Gasteiger partial charge in [-0.1, -0.05) is 0 Å². The summed E-state index contributed by atoms with van der Waals surface area (Å²) in [5, 5.41) is 8.43. The lowest BCUT2D eigenvalue weighted by atomic mass is 10.3. The molecule has 94 valence electrons. The van der Waals surface area contributed by atoms with Gasteiger partial charge in [0.05, 0.1) is 6.04 Å². The third-order valence-electron chi connectivity index (χ3n) is 2.00. The van der Waals surface area contributed by atoms with Crippen molar-refractivity contribution in [3.8, 4) is 0 Å². The van der Waals surface area contributed by atoms with Gasteiger partial charge in [0, 0.05) is 33.7 Å². The van der Waals surface area contributed by atoms with E-state index in [1.807, 2.05) is 6.92 Å². The standard InChI is InChI=1S/C10H22N4O2/c1-5-11-9(15)8(2)12-6-7-13-10(16)14(3)4/h8,12H,5-7H2,1-4H3,(H,11,15)(H,13,16). The quantitative estimate of drug-likeness (QED) is 0.532. The minimum Gasteiger partial charge on any atom is -0.355 e. The molecular formula is C10H22N4O2. The van der Waals surface area contributed by atoms with Gasteiger partial charge in [0.25, 0.3) is 0 Å². The van der Waals surface area contributed by atoms with Crippen LogP contribution in [0.4, 0.5) is 4.79 Å². The zero-order valence-corrected chi connectivity index (χ0v) is 10.5. The zero-order valence-electron chi connectivity index (χ0n) is 10.5. The van der Waals surface area contributed by atoms with Crippen molar-refractivity contribution < 1.29 is 9.59 Å². The Morgan fingerprint density at radius 1 is 1.19 bits per heavy atom. The molecule has 0 aromatic rings. The normalized spacial score (nSPS) is 11.8. The van der Waals surface area contributed by atoms with Crippen molar-refractivity contribution in [3.05, 3.63) is 0 Å². The van der Waals surface area contributed by atoms with Crippen molar-refractivity contribution >= 4 is 11.9 Å². The van der Waals surface area contributed by atoms with Crippen LogP contribution in [0, 0.1) is 0 Å². The zero-order chi connectivity index (χ0) is 12.6. The molecule has 0 spiro atoms. The van der Waals surface area contributed by atoms with Crippen molar-refractivity contribution in [2.75, 3.05) is 33.7 Å². The van der Waals surface area contributed by atoms with Gasteiger partial charge in [-0.2, -0.15) is 0 Å². The second-order valence-electron chi connectivity index (χ2n) is 3.70. The molecule has 0 heterocycles. The fourth-order valence-corrected chi connectivity index (χ4v) is 1.04. The Labute approximate surface area is 96.8 Å². The summed E-state index contributed by atoms with van der Waals surface area (Å²) in [6.45, 7) is 5.36. The first-order valence-corrected chi connectivity index (χ1v) is 5.45. The SMILES string of the molecule is CCNC(=O)C(C)NCCNC(=O)N(C)C. The van der Waals surface area contributed by atoms with Crippen LogP contribution in [0.25, 0.3) is 0 Å². The number of amides is 3. The van der Waals surface area contributed by atoms with Gasteiger partial charge >= 0.3 is 6.03 Å². The molecule has 0 rings (SSSR count). The fourth-order valence-electron chi connectivity index (χ4n) is 1.04. The number of hydrogen-bond donors (Lipinski definition) is 3. The van der Waals surface area contributed by atoms with Crippen LogP contribution in [-0.2, 0) is 4.79 Å². The van der Waals surface area contributed by atoms with Crippen LogP contribution in [0.2, 0.25) is 0 Å². The molecular weight excluding hydrogens is 208 g/mol. The summed E-state index contributed by atoms with van der Waals surface area (Å²) < 4.78 is 0. The van der Waals surface area contributed by atoms with Crippen LogP contribution in [0.5, 0.6) is 0 Å². The Bertz CT molecular complexity index is 231. The van der Waals surface area contributed by atoms with E-state index in [2.05, 4.69) is 16.0 Å². The fraction of sp³-hybridized carbons (Fsp3) is 0.800. The number of nitrogens with one attached hydrogen (secondary N) is 3. The van der Waals surface area contributed by atoms with Gasteiger partial charge in [-0.15, -0.1) is 0 Å². The van der Waals surface area contributed by atoms with Crippen LogP contribution in [0.3, 0.4) is 0 Å². The van der Waals surface area contributed by atoms with Gasteiger partial charge < -0.3 is 20.9 Å². The van der Waals surface area contributed by atoms with E-state index in [0.717, 1.165) is 0 Å². The van der Waals surface area contributed by atoms with Gasteiger partial charge in [0.15, 0.2) is 0 Å². The number of likely N-dealkylation sites (N-methyl/N-ethyl adjacent to an activating group) is 1. The van der Waals surface area contributed by atoms with Crippen LogP contribution in [0.1, 0.15) is 13.8 Å². The summed E-state index contributed by atoms with van der Waals surface area (Å²) in [6.07, 6.45) is 0. The summed E-state index contributed by atoms with van der Waals surface area (Å²) >= 11 is 0. The van der Waals surface area contributed by atoms with E-state index in [1.165, 1.54) is 4.90 Å². The molecule has 0 aliphatic carbocycles. The lowest BCUT2D eigenvalue weighted by Gasteiger charge is -2.15. The number of rotatable bonds is 6. The second-order valence-corrected chi connectivity index (χ2v) is 3.70. The maximum Gasteiger partial charge on any atom is 0.316 e. The minimum atomic E-state index is -0.240. The van der Waals surface area contributed by atoms with Crippen molar-refractivity contribution in [3.63, 3.8) is 0 Å². The molecule has 6 heteroatoms. The molecule has 0 aromatic heterocycles. The van der Waals surface area contributed by atoms with Crippen LogP contribution < -0.4 is 16.0 Å². The van der Waals surface area contributed by atoms with Crippen molar-refractivity contribution in [1.82, 2.24) is 20.9 Å². The lowest BCUT2D eigenvalue weighted by Crippen LogP contribution is -2.45. The van der Waals surface area contributed by atoms with Crippen LogP contribution in [-0.4, -0.2) is 56.6 Å². The highest BCUT2D eigenvalue weighted by atomic mass is 16.2. The molecule has 0 aromatic carbocycles. The highest BCUT2D eigenvalue weighted by molar-refractivity contribution is 5.81. The first-order valence-electron chi connectivity index (χ1n) is 5.45. The van der Waals surface area contributed by atoms with E-state index < -0.39 is 0 Å². The molecule has 16 heavy (non-hydrogen) atoms. The highest BCUT2D eigenvalue weighted by Crippen LogP contribution is 1.81. The molecule has 3 amide bonds. The lowest BCUT2D eigenvalue weighted by molar-refractivity contribution is -0.122. The number of nitrogens with zero attached hydrogens (tertiary/aromatic N) is 1. The maximum atomic E-state index is 11.3. The average Bonchev–Trinajstić information content (AvgIpc) is 2.23. The molecule has 1 unspecified atom stereocenters. The van der Waals surface area contributed by atoms with E-state index in [-0.39, 0.29) is 18.0 Å². The van der Waals surface area contributed by atoms with E-state index >= 15 is 0 Å². The molecule has 0 saturated heterocycles. The highest BCUT2D eigenvalue weighted by Gasteiger charge is 2.10. The van der Waals surface area contributed by atoms with Crippen molar-refractivity contribution in [2.24, 2.45) is 0 Å². The van der Waals surface area contributed by atoms with Crippen LogP contribution in [0.15, 0.2) is 0 Å². The van der Waals surface area contributed by atoms with E-state index in [0.29, 0.717) is 19.6 Å². The molecule has 0 bridgehead atoms. The molecule has 6 nitrogen and oxygen atoms in total. The van der Waals surface area contributed by atoms with Gasteiger partial charge in [-0.05, 0) is 13.8 Å². The van der Waals surface area contributed by atoms with Gasteiger partial charge in [0.2, 0.25) is 5.91 Å². The Hall–Kier alpha value is -1.30. The summed E-state index contributed by atoms with van der Waals surface area (Å²) in [5.41, 5.74) is 0. The predicted octanol–water partition coefficient (Wildman–Crippen LogP) is -0.628. The van der Waals surface area contributed by atoms with Gasteiger partial charge in [-0.25, -0.2) is 4.79 Å². The summed E-state index contributed by atoms with van der Waals surface area (Å²) in [4.78, 5) is 23.9. The smallest absolute Gasteiger partial charge is 0.316 e. The number of carbonyl (C=O) groups is 2. The molecule has 0 fully saturated rings. The molecule has 1 atom stereocenters. The maximum absolute atomic E-state index is 11.3. The van der Waals surface area contributed by atoms with E-state index in [1.54, 1.807) is 21.0 Å². The Balaban J connectivity index is 3.58. The summed E-state index contributed by atoms with van der Waals surface area (Å²) in [7, 11) is 3.36. The Kier molecular flexibility index (Phi) is 7.28. The number of carbonyl (C=O) groups excluding carboxylic acids is 2. The minimum absolute atomic E-state index is 0.0264. The average molecular weight is 230 g/mol. The van der Waals surface area contributed by atoms with Gasteiger partial charge in [0.1, 0.15) is 0 Å². The predicted molar refractivity (Wildman–Crippen MR) is 63.2 cm³/mol. The second kappa shape index (κ2) is 7.92. The first kappa shape index (κ1) is 14.7. The summed E-state index contributed by atoms with van der Waals surface area (Å²) in [5.74, 6) is -0.0264. The third-order valence-corrected chi connectivity index (χ3v) is 2.00. The number of hydrogen-bond acceptors (Lipinski definition) is 3. The third kappa shape index (κ3) is 6.23. The largest absolute Gasteiger partial charge is 0.355 e. The first-order chi connectivity index (χ1) is 7.49. The number of urea groups is 1. The van der Waals surface area contributed by atoms with Crippen molar-refractivity contribution in [2.45, 2.75) is 19.9 Å². The molecule has 0 radical (unpaired) electrons. The molecule has 0 aliphatic heterocycles. The topological polar surface area (TPSA) is 73.5 Å². The summed E-state index contributed by atoms with van der Waals surface area (Å²) in [6, 6.07) is -0.372. The van der Waals surface area contributed by atoms with Crippen molar-refractivity contribution in [1.29, 1.82) is 0 Å².